The van der Waals surface area contributed by atoms with Crippen LogP contribution in [0.3, 0.4) is 0 Å². The van der Waals surface area contributed by atoms with E-state index in [-0.39, 0.29) is 0 Å². The number of halogens is 1. The van der Waals surface area contributed by atoms with Crippen molar-refractivity contribution >= 4 is 23.2 Å². The molecule has 2 aromatic rings. The van der Waals surface area contributed by atoms with Crippen LogP contribution >= 0.6 is 11.6 Å². The summed E-state index contributed by atoms with van der Waals surface area (Å²) in [6.45, 7) is 9.46. The van der Waals surface area contributed by atoms with Gasteiger partial charge in [0.1, 0.15) is 6.54 Å². The summed E-state index contributed by atoms with van der Waals surface area (Å²) >= 11 is 6.12. The van der Waals surface area contributed by atoms with Gasteiger partial charge in [-0.2, -0.15) is 0 Å². The largest absolute Gasteiger partial charge is 0.369 e. The number of aliphatic imine (C=N–C) groups is 1. The number of hydrogen-bond donors (Lipinski definition) is 2. The van der Waals surface area contributed by atoms with Crippen molar-refractivity contribution in [1.82, 2.24) is 15.8 Å². The van der Waals surface area contributed by atoms with Crippen LogP contribution < -0.4 is 15.5 Å². The Morgan fingerprint density at radius 1 is 1.41 bits per heavy atom. The minimum absolute atomic E-state index is 0.336. The summed E-state index contributed by atoms with van der Waals surface area (Å²) in [5, 5.41) is 11.7. The number of hydrogen-bond acceptors (Lipinski definition) is 4. The van der Waals surface area contributed by atoms with Crippen LogP contribution in [-0.2, 0) is 6.54 Å². The molecule has 1 aliphatic heterocycles. The molecule has 1 fully saturated rings. The molecule has 0 saturated carbocycles. The Morgan fingerprint density at radius 2 is 2.26 bits per heavy atom. The Labute approximate surface area is 166 Å². The molecule has 1 aliphatic rings. The smallest absolute Gasteiger partial charge is 0.191 e. The van der Waals surface area contributed by atoms with Gasteiger partial charge < -0.3 is 20.1 Å². The van der Waals surface area contributed by atoms with Crippen LogP contribution in [-0.4, -0.2) is 36.8 Å². The number of aromatic nitrogens is 1. The van der Waals surface area contributed by atoms with Crippen molar-refractivity contribution in [2.75, 3.05) is 24.5 Å². The van der Waals surface area contributed by atoms with Gasteiger partial charge in [-0.15, -0.1) is 0 Å². The second-order valence-electron chi connectivity index (χ2n) is 7.12. The number of nitrogens with one attached hydrogen (secondary N) is 2. The summed E-state index contributed by atoms with van der Waals surface area (Å²) in [6.07, 6.45) is 1.05. The van der Waals surface area contributed by atoms with Crippen molar-refractivity contribution in [2.24, 2.45) is 4.99 Å². The first-order valence-electron chi connectivity index (χ1n) is 9.56. The third-order valence-electron chi connectivity index (χ3n) is 4.61. The van der Waals surface area contributed by atoms with Gasteiger partial charge >= 0.3 is 0 Å². The van der Waals surface area contributed by atoms with Crippen molar-refractivity contribution in [2.45, 2.75) is 45.7 Å². The summed E-state index contributed by atoms with van der Waals surface area (Å²) < 4.78 is 5.38. The van der Waals surface area contributed by atoms with Crippen LogP contribution in [0.15, 0.2) is 39.8 Å². The van der Waals surface area contributed by atoms with Gasteiger partial charge in [-0.05, 0) is 37.5 Å². The molecule has 1 atom stereocenters. The molecule has 3 rings (SSSR count). The van der Waals surface area contributed by atoms with Crippen molar-refractivity contribution in [3.8, 4) is 0 Å². The molecule has 146 valence electrons. The van der Waals surface area contributed by atoms with E-state index in [0.717, 1.165) is 54.2 Å². The average Bonchev–Trinajstić information content (AvgIpc) is 3.29. The highest BCUT2D eigenvalue weighted by molar-refractivity contribution is 6.30. The van der Waals surface area contributed by atoms with E-state index in [0.29, 0.717) is 18.5 Å². The van der Waals surface area contributed by atoms with Crippen molar-refractivity contribution in [3.05, 3.63) is 46.8 Å². The van der Waals surface area contributed by atoms with Crippen LogP contribution in [0.4, 0.5) is 5.69 Å². The lowest BCUT2D eigenvalue weighted by atomic mass is 10.1. The predicted octanol–water partition coefficient (Wildman–Crippen LogP) is 3.79. The van der Waals surface area contributed by atoms with Gasteiger partial charge in [0, 0.05) is 42.5 Å². The molecule has 1 saturated heterocycles. The predicted molar refractivity (Wildman–Crippen MR) is 111 cm³/mol. The van der Waals surface area contributed by atoms with Crippen LogP contribution in [0.5, 0.6) is 0 Å². The fourth-order valence-electron chi connectivity index (χ4n) is 3.13. The first kappa shape index (κ1) is 19.5. The maximum atomic E-state index is 6.12. The summed E-state index contributed by atoms with van der Waals surface area (Å²) in [5.74, 6) is 1.94. The molecule has 0 bridgehead atoms. The van der Waals surface area contributed by atoms with E-state index in [1.54, 1.807) is 0 Å². The van der Waals surface area contributed by atoms with Gasteiger partial charge in [-0.25, -0.2) is 4.99 Å². The summed E-state index contributed by atoms with van der Waals surface area (Å²) in [6, 6.07) is 10.3. The monoisotopic (exact) mass is 389 g/mol. The number of benzene rings is 1. The van der Waals surface area contributed by atoms with Gasteiger partial charge in [0.2, 0.25) is 0 Å². The first-order valence-corrected chi connectivity index (χ1v) is 9.93. The fourth-order valence-corrected chi connectivity index (χ4v) is 3.32. The molecule has 0 aliphatic carbocycles. The molecule has 6 nitrogen and oxygen atoms in total. The van der Waals surface area contributed by atoms with Crippen molar-refractivity contribution in [1.29, 1.82) is 0 Å². The molecule has 2 heterocycles. The highest BCUT2D eigenvalue weighted by Gasteiger charge is 2.23. The molecule has 7 heteroatoms. The standard InChI is InChI=1S/C20H28ClN5O/c1-4-22-20(23-12-18-11-19(14(2)3)25-27-18)24-16-8-9-26(13-16)17-7-5-6-15(21)10-17/h5-7,10-11,14,16H,4,8-9,12-13H2,1-3H3,(H2,22,23,24). The van der Waals surface area contributed by atoms with Gasteiger partial charge in [0.25, 0.3) is 0 Å². The van der Waals surface area contributed by atoms with Gasteiger partial charge in [-0.1, -0.05) is 36.7 Å². The zero-order valence-corrected chi connectivity index (χ0v) is 17.0. The van der Waals surface area contributed by atoms with E-state index in [1.165, 1.54) is 0 Å². The van der Waals surface area contributed by atoms with Crippen molar-refractivity contribution in [3.63, 3.8) is 0 Å². The van der Waals surface area contributed by atoms with E-state index in [1.807, 2.05) is 24.3 Å². The second-order valence-corrected chi connectivity index (χ2v) is 7.56. The van der Waals surface area contributed by atoms with E-state index >= 15 is 0 Å². The molecule has 1 aromatic heterocycles. The Kier molecular flexibility index (Phi) is 6.61. The highest BCUT2D eigenvalue weighted by Crippen LogP contribution is 2.23. The van der Waals surface area contributed by atoms with Crippen LogP contribution in [0.1, 0.15) is 44.6 Å². The molecular weight excluding hydrogens is 362 g/mol. The van der Waals surface area contributed by atoms with Crippen LogP contribution in [0.2, 0.25) is 5.02 Å². The average molecular weight is 390 g/mol. The van der Waals surface area contributed by atoms with Crippen LogP contribution in [0.25, 0.3) is 0 Å². The fraction of sp³-hybridized carbons (Fsp3) is 0.500. The summed E-state index contributed by atoms with van der Waals surface area (Å²) in [7, 11) is 0. The highest BCUT2D eigenvalue weighted by atomic mass is 35.5. The SMILES string of the molecule is CCNC(=NCc1cc(C(C)C)no1)NC1CCN(c2cccc(Cl)c2)C1. The van der Waals surface area contributed by atoms with Gasteiger partial charge in [0.05, 0.1) is 5.69 Å². The van der Waals surface area contributed by atoms with Gasteiger partial charge in [0.15, 0.2) is 11.7 Å². The van der Waals surface area contributed by atoms with E-state index < -0.39 is 0 Å². The number of anilines is 1. The second kappa shape index (κ2) is 9.13. The first-order chi connectivity index (χ1) is 13.0. The molecular formula is C20H28ClN5O. The Bertz CT molecular complexity index is 773. The minimum atomic E-state index is 0.336. The third-order valence-corrected chi connectivity index (χ3v) is 4.84. The zero-order chi connectivity index (χ0) is 19.2. The molecule has 27 heavy (non-hydrogen) atoms. The lowest BCUT2D eigenvalue weighted by Gasteiger charge is -2.20. The van der Waals surface area contributed by atoms with E-state index in [9.17, 15) is 0 Å². The number of rotatable bonds is 6. The molecule has 2 N–H and O–H groups in total. The molecule has 0 spiro atoms. The zero-order valence-electron chi connectivity index (χ0n) is 16.2. The molecule has 0 amide bonds. The summed E-state index contributed by atoms with van der Waals surface area (Å²) in [5.41, 5.74) is 2.13. The van der Waals surface area contributed by atoms with Crippen LogP contribution in [0, 0.1) is 0 Å². The van der Waals surface area contributed by atoms with Gasteiger partial charge in [-0.3, -0.25) is 0 Å². The Balaban J connectivity index is 1.59. The summed E-state index contributed by atoms with van der Waals surface area (Å²) in [4.78, 5) is 7.00. The number of nitrogens with zero attached hydrogens (tertiary/aromatic N) is 3. The maximum Gasteiger partial charge on any atom is 0.191 e. The quantitative estimate of drug-likeness (QED) is 0.581. The Morgan fingerprint density at radius 3 is 2.96 bits per heavy atom. The van der Waals surface area contributed by atoms with E-state index in [2.05, 4.69) is 52.5 Å². The molecule has 1 unspecified atom stereocenters. The lowest BCUT2D eigenvalue weighted by Crippen LogP contribution is -2.44. The van der Waals surface area contributed by atoms with Crippen molar-refractivity contribution < 1.29 is 4.52 Å². The maximum absolute atomic E-state index is 6.12. The minimum Gasteiger partial charge on any atom is -0.369 e. The lowest BCUT2D eigenvalue weighted by molar-refractivity contribution is 0.376. The molecule has 0 radical (unpaired) electrons. The molecule has 1 aromatic carbocycles. The Hall–Kier alpha value is -2.21. The number of guanidine groups is 1. The topological polar surface area (TPSA) is 65.7 Å². The normalized spacial score (nSPS) is 17.6. The van der Waals surface area contributed by atoms with E-state index in [4.69, 9.17) is 16.1 Å². The third kappa shape index (κ3) is 5.39.